The number of anilines is 1. The minimum Gasteiger partial charge on any atom is -0.395 e. The summed E-state index contributed by atoms with van der Waals surface area (Å²) in [5, 5.41) is 11.8. The zero-order valence-electron chi connectivity index (χ0n) is 9.85. The molecule has 0 spiro atoms. The molecule has 0 aliphatic rings. The molecule has 2 N–H and O–H groups in total. The van der Waals surface area contributed by atoms with Crippen LogP contribution in [0.3, 0.4) is 0 Å². The van der Waals surface area contributed by atoms with E-state index in [-0.39, 0.29) is 23.7 Å². The van der Waals surface area contributed by atoms with Crippen molar-refractivity contribution < 1.29 is 9.90 Å². The van der Waals surface area contributed by atoms with Crippen molar-refractivity contribution in [3.05, 3.63) is 23.5 Å². The third-order valence-electron chi connectivity index (χ3n) is 2.51. The second kappa shape index (κ2) is 6.54. The van der Waals surface area contributed by atoms with Gasteiger partial charge in [0.2, 0.25) is 5.91 Å². The van der Waals surface area contributed by atoms with Crippen LogP contribution in [0.4, 0.5) is 5.69 Å². The standard InChI is InChI=1S/C11H16ClN3O2/c1-8(15(2)6-7-16)11(17)14-9-4-3-5-13-10(9)12/h3-5,8,16H,6-7H2,1-2H3,(H,14,17). The Labute approximate surface area is 105 Å². The lowest BCUT2D eigenvalue weighted by Crippen LogP contribution is -2.40. The molecule has 1 unspecified atom stereocenters. The molecule has 0 bridgehead atoms. The van der Waals surface area contributed by atoms with Gasteiger partial charge in [-0.15, -0.1) is 0 Å². The van der Waals surface area contributed by atoms with E-state index in [0.717, 1.165) is 0 Å². The highest BCUT2D eigenvalue weighted by molar-refractivity contribution is 6.32. The van der Waals surface area contributed by atoms with Crippen LogP contribution in [0.5, 0.6) is 0 Å². The lowest BCUT2D eigenvalue weighted by molar-refractivity contribution is -0.120. The summed E-state index contributed by atoms with van der Waals surface area (Å²) in [6, 6.07) is 3.04. The first-order chi connectivity index (χ1) is 8.06. The number of pyridine rings is 1. The fourth-order valence-corrected chi connectivity index (χ4v) is 1.43. The fraction of sp³-hybridized carbons (Fsp3) is 0.455. The second-order valence-corrected chi connectivity index (χ2v) is 4.07. The molecule has 1 atom stereocenters. The summed E-state index contributed by atoms with van der Waals surface area (Å²) in [6.07, 6.45) is 1.55. The Morgan fingerprint density at radius 2 is 2.41 bits per heavy atom. The number of hydrogen-bond acceptors (Lipinski definition) is 4. The summed E-state index contributed by atoms with van der Waals surface area (Å²) >= 11 is 5.83. The first-order valence-electron chi connectivity index (χ1n) is 5.28. The SMILES string of the molecule is CC(C(=O)Nc1cccnc1Cl)N(C)CCO. The van der Waals surface area contributed by atoms with Gasteiger partial charge in [-0.3, -0.25) is 9.69 Å². The van der Waals surface area contributed by atoms with Crippen molar-refractivity contribution in [1.82, 2.24) is 9.88 Å². The minimum atomic E-state index is -0.349. The largest absolute Gasteiger partial charge is 0.395 e. The molecule has 0 fully saturated rings. The topological polar surface area (TPSA) is 65.5 Å². The summed E-state index contributed by atoms with van der Waals surface area (Å²) < 4.78 is 0. The van der Waals surface area contributed by atoms with E-state index in [2.05, 4.69) is 10.3 Å². The van der Waals surface area contributed by atoms with E-state index in [1.54, 1.807) is 37.2 Å². The lowest BCUT2D eigenvalue weighted by atomic mass is 10.2. The van der Waals surface area contributed by atoms with Gasteiger partial charge in [0.15, 0.2) is 5.15 Å². The summed E-state index contributed by atoms with van der Waals surface area (Å²) in [4.78, 5) is 17.5. The Hall–Kier alpha value is -1.17. The second-order valence-electron chi connectivity index (χ2n) is 3.71. The Bertz CT molecular complexity index is 387. The van der Waals surface area contributed by atoms with Crippen LogP contribution in [-0.2, 0) is 4.79 Å². The molecule has 6 heteroatoms. The quantitative estimate of drug-likeness (QED) is 0.772. The Morgan fingerprint density at radius 1 is 1.71 bits per heavy atom. The van der Waals surface area contributed by atoms with Crippen molar-refractivity contribution in [2.24, 2.45) is 0 Å². The van der Waals surface area contributed by atoms with Crippen molar-refractivity contribution in [2.45, 2.75) is 13.0 Å². The molecule has 1 rings (SSSR count). The monoisotopic (exact) mass is 257 g/mol. The van der Waals surface area contributed by atoms with Gasteiger partial charge in [-0.25, -0.2) is 4.98 Å². The van der Waals surface area contributed by atoms with Crippen molar-refractivity contribution in [3.63, 3.8) is 0 Å². The van der Waals surface area contributed by atoms with Crippen LogP contribution in [0.1, 0.15) is 6.92 Å². The zero-order valence-corrected chi connectivity index (χ0v) is 10.6. The molecule has 94 valence electrons. The van der Waals surface area contributed by atoms with Gasteiger partial charge in [-0.2, -0.15) is 0 Å². The van der Waals surface area contributed by atoms with Gasteiger partial charge >= 0.3 is 0 Å². The highest BCUT2D eigenvalue weighted by Crippen LogP contribution is 2.17. The molecule has 0 saturated heterocycles. The molecule has 17 heavy (non-hydrogen) atoms. The number of nitrogens with one attached hydrogen (secondary N) is 1. The van der Waals surface area contributed by atoms with Crippen LogP contribution in [0.2, 0.25) is 5.15 Å². The fourth-order valence-electron chi connectivity index (χ4n) is 1.27. The van der Waals surface area contributed by atoms with E-state index in [4.69, 9.17) is 16.7 Å². The predicted octanol–water partition coefficient (Wildman–Crippen LogP) is 0.986. The highest BCUT2D eigenvalue weighted by atomic mass is 35.5. The van der Waals surface area contributed by atoms with Crippen LogP contribution >= 0.6 is 11.6 Å². The number of carbonyl (C=O) groups is 1. The van der Waals surface area contributed by atoms with E-state index in [1.807, 2.05) is 0 Å². The van der Waals surface area contributed by atoms with E-state index in [0.29, 0.717) is 12.2 Å². The first kappa shape index (κ1) is 13.9. The van der Waals surface area contributed by atoms with Gasteiger partial charge in [-0.1, -0.05) is 11.6 Å². The van der Waals surface area contributed by atoms with Crippen LogP contribution < -0.4 is 5.32 Å². The Morgan fingerprint density at radius 3 is 3.00 bits per heavy atom. The molecule has 0 aliphatic heterocycles. The average molecular weight is 258 g/mol. The third kappa shape index (κ3) is 3.96. The van der Waals surface area contributed by atoms with Gasteiger partial charge in [-0.05, 0) is 26.1 Å². The number of aromatic nitrogens is 1. The molecule has 1 aromatic heterocycles. The van der Waals surface area contributed by atoms with Gasteiger partial charge in [0.05, 0.1) is 18.3 Å². The first-order valence-corrected chi connectivity index (χ1v) is 5.66. The Balaban J connectivity index is 2.63. The molecule has 0 aliphatic carbocycles. The molecule has 0 radical (unpaired) electrons. The summed E-state index contributed by atoms with van der Waals surface area (Å²) in [5.41, 5.74) is 0.489. The smallest absolute Gasteiger partial charge is 0.241 e. The summed E-state index contributed by atoms with van der Waals surface area (Å²) in [5.74, 6) is -0.184. The number of carbonyl (C=O) groups excluding carboxylic acids is 1. The molecule has 5 nitrogen and oxygen atoms in total. The van der Waals surface area contributed by atoms with E-state index < -0.39 is 0 Å². The van der Waals surface area contributed by atoms with Gasteiger partial charge in [0.1, 0.15) is 0 Å². The van der Waals surface area contributed by atoms with Gasteiger partial charge in [0, 0.05) is 12.7 Å². The third-order valence-corrected chi connectivity index (χ3v) is 2.81. The minimum absolute atomic E-state index is 0.0156. The zero-order chi connectivity index (χ0) is 12.8. The number of likely N-dealkylation sites (N-methyl/N-ethyl adjacent to an activating group) is 1. The molecule has 1 aromatic rings. The normalized spacial score (nSPS) is 12.5. The molecule has 1 heterocycles. The molecular formula is C11H16ClN3O2. The van der Waals surface area contributed by atoms with Crippen molar-refractivity contribution in [2.75, 3.05) is 25.5 Å². The maximum Gasteiger partial charge on any atom is 0.241 e. The average Bonchev–Trinajstić information content (AvgIpc) is 2.31. The van der Waals surface area contributed by atoms with Crippen LogP contribution in [0.25, 0.3) is 0 Å². The van der Waals surface area contributed by atoms with Crippen molar-refractivity contribution >= 4 is 23.2 Å². The van der Waals surface area contributed by atoms with E-state index in [9.17, 15) is 4.79 Å². The highest BCUT2D eigenvalue weighted by Gasteiger charge is 2.18. The number of aliphatic hydroxyl groups excluding tert-OH is 1. The Kier molecular flexibility index (Phi) is 5.34. The van der Waals surface area contributed by atoms with Crippen LogP contribution in [0, 0.1) is 0 Å². The molecular weight excluding hydrogens is 242 g/mol. The number of nitrogens with zero attached hydrogens (tertiary/aromatic N) is 2. The van der Waals surface area contributed by atoms with Gasteiger partial charge < -0.3 is 10.4 Å². The molecule has 0 saturated carbocycles. The molecule has 1 amide bonds. The number of rotatable bonds is 5. The van der Waals surface area contributed by atoms with Gasteiger partial charge in [0.25, 0.3) is 0 Å². The number of halogens is 1. The van der Waals surface area contributed by atoms with E-state index >= 15 is 0 Å². The van der Waals surface area contributed by atoms with Crippen LogP contribution in [-0.4, -0.2) is 47.1 Å². The van der Waals surface area contributed by atoms with E-state index in [1.165, 1.54) is 0 Å². The van der Waals surface area contributed by atoms with Crippen molar-refractivity contribution in [3.8, 4) is 0 Å². The number of amides is 1. The summed E-state index contributed by atoms with van der Waals surface area (Å²) in [7, 11) is 1.77. The number of hydrogen-bond donors (Lipinski definition) is 2. The maximum absolute atomic E-state index is 11.9. The molecule has 0 aromatic carbocycles. The van der Waals surface area contributed by atoms with Crippen LogP contribution in [0.15, 0.2) is 18.3 Å². The number of aliphatic hydroxyl groups is 1. The summed E-state index contributed by atoms with van der Waals surface area (Å²) in [6.45, 7) is 2.21. The lowest BCUT2D eigenvalue weighted by Gasteiger charge is -2.22. The van der Waals surface area contributed by atoms with Crippen molar-refractivity contribution in [1.29, 1.82) is 0 Å². The predicted molar refractivity (Wildman–Crippen MR) is 67.1 cm³/mol. The maximum atomic E-state index is 11.9.